The van der Waals surface area contributed by atoms with Gasteiger partial charge in [0, 0.05) is 12.3 Å². The molecule has 0 aromatic rings. The Balaban J connectivity index is 2.13. The summed E-state index contributed by atoms with van der Waals surface area (Å²) in [6.45, 7) is 7.49. The first-order chi connectivity index (χ1) is 7.57. The molecule has 2 aliphatic rings. The van der Waals surface area contributed by atoms with Crippen LogP contribution >= 0.6 is 11.6 Å². The van der Waals surface area contributed by atoms with Gasteiger partial charge in [-0.25, -0.2) is 0 Å². The van der Waals surface area contributed by atoms with Crippen molar-refractivity contribution < 1.29 is 9.47 Å². The van der Waals surface area contributed by atoms with Crippen LogP contribution in [-0.4, -0.2) is 24.4 Å². The summed E-state index contributed by atoms with van der Waals surface area (Å²) >= 11 is 5.87. The molecule has 4 atom stereocenters. The molecule has 1 heterocycles. The van der Waals surface area contributed by atoms with Crippen LogP contribution in [0.1, 0.15) is 40.0 Å². The van der Waals surface area contributed by atoms with Crippen LogP contribution in [0.5, 0.6) is 0 Å². The Morgan fingerprint density at radius 3 is 2.69 bits per heavy atom. The summed E-state index contributed by atoms with van der Waals surface area (Å²) in [5.74, 6) is 2.05. The number of alkyl halides is 1. The van der Waals surface area contributed by atoms with E-state index in [9.17, 15) is 0 Å². The molecule has 0 amide bonds. The van der Waals surface area contributed by atoms with Crippen molar-refractivity contribution in [2.75, 3.05) is 12.5 Å². The summed E-state index contributed by atoms with van der Waals surface area (Å²) in [4.78, 5) is 0. The van der Waals surface area contributed by atoms with Crippen LogP contribution < -0.4 is 0 Å². The molecule has 2 nitrogen and oxygen atoms in total. The van der Waals surface area contributed by atoms with E-state index in [1.807, 2.05) is 0 Å². The van der Waals surface area contributed by atoms with Crippen molar-refractivity contribution in [2.24, 2.45) is 17.8 Å². The van der Waals surface area contributed by atoms with E-state index in [0.29, 0.717) is 30.2 Å². The first-order valence-corrected chi connectivity index (χ1v) is 6.98. The highest BCUT2D eigenvalue weighted by atomic mass is 35.5. The normalized spacial score (nSPS) is 44.4. The Hall–Kier alpha value is 0.210. The van der Waals surface area contributed by atoms with E-state index in [1.54, 1.807) is 0 Å². The lowest BCUT2D eigenvalue weighted by Crippen LogP contribution is -2.47. The maximum absolute atomic E-state index is 6.13. The predicted molar refractivity (Wildman–Crippen MR) is 65.6 cm³/mol. The minimum absolute atomic E-state index is 0.0909. The van der Waals surface area contributed by atoms with Crippen molar-refractivity contribution in [1.29, 1.82) is 0 Å². The predicted octanol–water partition coefficient (Wildman–Crippen LogP) is 3.43. The lowest BCUT2D eigenvalue weighted by molar-refractivity contribution is -0.236. The number of hydrogen-bond donors (Lipinski definition) is 0. The van der Waals surface area contributed by atoms with Crippen molar-refractivity contribution in [1.82, 2.24) is 0 Å². The monoisotopic (exact) mass is 246 g/mol. The first kappa shape index (κ1) is 12.7. The summed E-state index contributed by atoms with van der Waals surface area (Å²) in [5, 5.41) is 0. The van der Waals surface area contributed by atoms with Gasteiger partial charge in [-0.2, -0.15) is 0 Å². The van der Waals surface area contributed by atoms with Gasteiger partial charge < -0.3 is 9.47 Å². The lowest BCUT2D eigenvalue weighted by atomic mass is 9.73. The molecule has 0 N–H and O–H groups in total. The van der Waals surface area contributed by atoms with E-state index >= 15 is 0 Å². The van der Waals surface area contributed by atoms with Crippen LogP contribution in [-0.2, 0) is 9.47 Å². The first-order valence-electron chi connectivity index (χ1n) is 6.45. The summed E-state index contributed by atoms with van der Waals surface area (Å²) in [6.07, 6.45) is 3.63. The average Bonchev–Trinajstić information content (AvgIpc) is 2.61. The third-order valence-electron chi connectivity index (χ3n) is 4.02. The lowest BCUT2D eigenvalue weighted by Gasteiger charge is -2.44. The van der Waals surface area contributed by atoms with Crippen molar-refractivity contribution in [3.8, 4) is 0 Å². The third kappa shape index (κ3) is 2.25. The third-order valence-corrected chi connectivity index (χ3v) is 4.37. The van der Waals surface area contributed by atoms with Crippen molar-refractivity contribution in [2.45, 2.75) is 51.9 Å². The van der Waals surface area contributed by atoms with Crippen LogP contribution in [0.4, 0.5) is 0 Å². The molecule has 1 spiro atoms. The molecule has 2 fully saturated rings. The quantitative estimate of drug-likeness (QED) is 0.695. The number of ether oxygens (including phenoxy) is 2. The molecular formula is C13H23ClO2. The van der Waals surface area contributed by atoms with Gasteiger partial charge in [-0.1, -0.05) is 27.2 Å². The van der Waals surface area contributed by atoms with Gasteiger partial charge in [0.2, 0.25) is 0 Å². The van der Waals surface area contributed by atoms with E-state index in [-0.39, 0.29) is 11.9 Å². The van der Waals surface area contributed by atoms with Crippen LogP contribution in [0, 0.1) is 17.8 Å². The molecule has 0 radical (unpaired) electrons. The molecule has 4 unspecified atom stereocenters. The molecule has 0 aromatic heterocycles. The van der Waals surface area contributed by atoms with E-state index in [2.05, 4.69) is 20.8 Å². The molecule has 2 rings (SSSR count). The Kier molecular flexibility index (Phi) is 3.82. The van der Waals surface area contributed by atoms with Crippen LogP contribution in [0.3, 0.4) is 0 Å². The zero-order valence-electron chi connectivity index (χ0n) is 10.5. The number of hydrogen-bond acceptors (Lipinski definition) is 2. The Labute approximate surface area is 104 Å². The molecule has 1 aliphatic carbocycles. The van der Waals surface area contributed by atoms with E-state index < -0.39 is 0 Å². The van der Waals surface area contributed by atoms with E-state index in [4.69, 9.17) is 21.1 Å². The maximum atomic E-state index is 6.13. The fraction of sp³-hybridized carbons (Fsp3) is 1.00. The maximum Gasteiger partial charge on any atom is 0.172 e. The van der Waals surface area contributed by atoms with Gasteiger partial charge in [-0.05, 0) is 18.3 Å². The smallest absolute Gasteiger partial charge is 0.172 e. The second-order valence-corrected chi connectivity index (χ2v) is 6.06. The zero-order chi connectivity index (χ0) is 11.8. The van der Waals surface area contributed by atoms with Crippen LogP contribution in [0.2, 0.25) is 0 Å². The number of halogens is 1. The van der Waals surface area contributed by atoms with Crippen molar-refractivity contribution in [3.63, 3.8) is 0 Å². The highest BCUT2D eigenvalue weighted by Gasteiger charge is 2.51. The minimum atomic E-state index is -0.328. The highest BCUT2D eigenvalue weighted by molar-refractivity contribution is 6.18. The van der Waals surface area contributed by atoms with Gasteiger partial charge in [0.1, 0.15) is 0 Å². The summed E-state index contributed by atoms with van der Waals surface area (Å²) < 4.78 is 12.2. The van der Waals surface area contributed by atoms with E-state index in [1.165, 1.54) is 12.8 Å². The molecule has 0 aromatic carbocycles. The molecule has 94 valence electrons. The Morgan fingerprint density at radius 1 is 1.38 bits per heavy atom. The van der Waals surface area contributed by atoms with Crippen LogP contribution in [0.25, 0.3) is 0 Å². The topological polar surface area (TPSA) is 18.5 Å². The van der Waals surface area contributed by atoms with Gasteiger partial charge in [0.25, 0.3) is 0 Å². The Bertz CT molecular complexity index is 244. The van der Waals surface area contributed by atoms with Gasteiger partial charge in [0.05, 0.1) is 18.6 Å². The largest absolute Gasteiger partial charge is 0.347 e. The minimum Gasteiger partial charge on any atom is -0.347 e. The average molecular weight is 247 g/mol. The molecule has 16 heavy (non-hydrogen) atoms. The summed E-state index contributed by atoms with van der Waals surface area (Å²) in [7, 11) is 0. The second kappa shape index (κ2) is 4.83. The highest BCUT2D eigenvalue weighted by Crippen LogP contribution is 2.47. The fourth-order valence-electron chi connectivity index (χ4n) is 3.23. The summed E-state index contributed by atoms with van der Waals surface area (Å²) in [5.41, 5.74) is 0. The van der Waals surface area contributed by atoms with Gasteiger partial charge in [-0.15, -0.1) is 11.6 Å². The molecule has 1 saturated carbocycles. The van der Waals surface area contributed by atoms with Crippen molar-refractivity contribution >= 4 is 11.6 Å². The molecule has 1 saturated heterocycles. The molecule has 3 heteroatoms. The SMILES string of the molecule is CC1CCC(C(C)C)C2(C1)OCC(CCl)O2. The van der Waals surface area contributed by atoms with Crippen LogP contribution in [0.15, 0.2) is 0 Å². The van der Waals surface area contributed by atoms with Gasteiger partial charge in [-0.3, -0.25) is 0 Å². The molecule has 0 bridgehead atoms. The molecular weight excluding hydrogens is 224 g/mol. The van der Waals surface area contributed by atoms with Crippen molar-refractivity contribution in [3.05, 3.63) is 0 Å². The second-order valence-electron chi connectivity index (χ2n) is 5.75. The fourth-order valence-corrected chi connectivity index (χ4v) is 3.38. The van der Waals surface area contributed by atoms with Gasteiger partial charge >= 0.3 is 0 Å². The van der Waals surface area contributed by atoms with E-state index in [0.717, 1.165) is 6.42 Å². The molecule has 1 aliphatic heterocycles. The number of rotatable bonds is 2. The standard InChI is InChI=1S/C13H23ClO2/c1-9(2)12-5-4-10(3)6-13(12)15-8-11(7-14)16-13/h9-12H,4-8H2,1-3H3. The Morgan fingerprint density at radius 2 is 2.12 bits per heavy atom. The zero-order valence-corrected chi connectivity index (χ0v) is 11.3. The van der Waals surface area contributed by atoms with Gasteiger partial charge in [0.15, 0.2) is 5.79 Å². The summed E-state index contributed by atoms with van der Waals surface area (Å²) in [6, 6.07) is 0.